The van der Waals surface area contributed by atoms with Gasteiger partial charge in [0.2, 0.25) is 0 Å². The maximum Gasteiger partial charge on any atom is 0.274 e. The highest BCUT2D eigenvalue weighted by molar-refractivity contribution is 5.95. The van der Waals surface area contributed by atoms with Gasteiger partial charge in [0.05, 0.1) is 11.8 Å². The average Bonchev–Trinajstić information content (AvgIpc) is 2.47. The summed E-state index contributed by atoms with van der Waals surface area (Å²) >= 11 is 0. The van der Waals surface area contributed by atoms with E-state index in [0.29, 0.717) is 0 Å². The van der Waals surface area contributed by atoms with E-state index < -0.39 is 11.7 Å². The summed E-state index contributed by atoms with van der Waals surface area (Å²) in [5.41, 5.74) is 4.48. The molecule has 0 saturated heterocycles. The van der Waals surface area contributed by atoms with Crippen LogP contribution in [0.4, 0.5) is 4.39 Å². The molecular weight excluding hydrogens is 279 g/mol. The molecule has 0 aromatic heterocycles. The molecule has 0 heterocycles. The zero-order chi connectivity index (χ0) is 16.2. The molecule has 114 valence electrons. The Hall–Kier alpha value is -2.49. The van der Waals surface area contributed by atoms with Gasteiger partial charge in [-0.25, -0.2) is 9.82 Å². The highest BCUT2D eigenvalue weighted by atomic mass is 19.1. The second kappa shape index (κ2) is 6.52. The molecule has 22 heavy (non-hydrogen) atoms. The maximum absolute atomic E-state index is 13.4. The van der Waals surface area contributed by atoms with Crippen molar-refractivity contribution < 1.29 is 9.18 Å². The monoisotopic (exact) mass is 298 g/mol. The molecule has 2 aromatic rings. The largest absolute Gasteiger partial charge is 0.274 e. The normalized spacial score (nSPS) is 11.6. The molecule has 1 amide bonds. The number of hydrogen-bond acceptors (Lipinski definition) is 2. The Bertz CT molecular complexity index is 685. The summed E-state index contributed by atoms with van der Waals surface area (Å²) < 4.78 is 13.4. The Morgan fingerprint density at radius 1 is 1.09 bits per heavy atom. The minimum absolute atomic E-state index is 0.0252. The third kappa shape index (κ3) is 4.01. The Morgan fingerprint density at radius 3 is 2.32 bits per heavy atom. The van der Waals surface area contributed by atoms with Gasteiger partial charge in [0.25, 0.3) is 5.91 Å². The standard InChI is InChI=1S/C18H19FN2O/c1-18(2,3)14-10-8-13(9-11-14)12-20-21-17(22)15-6-4-5-7-16(15)19/h4-12H,1-3H3,(H,21,22)/b20-12+. The number of rotatable bonds is 3. The van der Waals surface area contributed by atoms with Gasteiger partial charge in [-0.2, -0.15) is 5.10 Å². The molecule has 1 N–H and O–H groups in total. The molecule has 0 spiro atoms. The molecule has 2 aromatic carbocycles. The van der Waals surface area contributed by atoms with E-state index in [0.717, 1.165) is 5.56 Å². The molecule has 3 nitrogen and oxygen atoms in total. The maximum atomic E-state index is 13.4. The predicted octanol–water partition coefficient (Wildman–Crippen LogP) is 3.89. The van der Waals surface area contributed by atoms with E-state index in [2.05, 4.69) is 31.3 Å². The van der Waals surface area contributed by atoms with Crippen LogP contribution in [0.1, 0.15) is 42.3 Å². The van der Waals surface area contributed by atoms with Gasteiger partial charge in [-0.3, -0.25) is 4.79 Å². The zero-order valence-corrected chi connectivity index (χ0v) is 12.9. The molecule has 0 aliphatic rings. The van der Waals surface area contributed by atoms with E-state index in [1.54, 1.807) is 6.07 Å². The molecular formula is C18H19FN2O. The van der Waals surface area contributed by atoms with Gasteiger partial charge in [0, 0.05) is 0 Å². The molecule has 0 radical (unpaired) electrons. The minimum Gasteiger partial charge on any atom is -0.267 e. The first kappa shape index (κ1) is 15.9. The van der Waals surface area contributed by atoms with Crippen LogP contribution in [0, 0.1) is 5.82 Å². The number of halogens is 1. The lowest BCUT2D eigenvalue weighted by atomic mass is 9.87. The lowest BCUT2D eigenvalue weighted by molar-refractivity contribution is 0.0951. The number of carbonyl (C=O) groups is 1. The SMILES string of the molecule is CC(C)(C)c1ccc(/C=N/NC(=O)c2ccccc2F)cc1. The molecule has 0 saturated carbocycles. The summed E-state index contributed by atoms with van der Waals surface area (Å²) in [4.78, 5) is 11.8. The van der Waals surface area contributed by atoms with E-state index in [4.69, 9.17) is 0 Å². The molecule has 4 heteroatoms. The number of benzene rings is 2. The average molecular weight is 298 g/mol. The van der Waals surface area contributed by atoms with Crippen molar-refractivity contribution in [1.82, 2.24) is 5.43 Å². The molecule has 0 bridgehead atoms. The van der Waals surface area contributed by atoms with Crippen LogP contribution in [-0.4, -0.2) is 12.1 Å². The Morgan fingerprint density at radius 2 is 1.73 bits per heavy atom. The van der Waals surface area contributed by atoms with E-state index in [9.17, 15) is 9.18 Å². The summed E-state index contributed by atoms with van der Waals surface area (Å²) in [5, 5.41) is 3.86. The van der Waals surface area contributed by atoms with Crippen molar-refractivity contribution in [2.24, 2.45) is 5.10 Å². The number of nitrogens with one attached hydrogen (secondary N) is 1. The van der Waals surface area contributed by atoms with E-state index >= 15 is 0 Å². The lowest BCUT2D eigenvalue weighted by Gasteiger charge is -2.18. The van der Waals surface area contributed by atoms with Crippen LogP contribution >= 0.6 is 0 Å². The summed E-state index contributed by atoms with van der Waals surface area (Å²) in [6.07, 6.45) is 1.53. The van der Waals surface area contributed by atoms with Crippen molar-refractivity contribution in [1.29, 1.82) is 0 Å². The van der Waals surface area contributed by atoms with Gasteiger partial charge < -0.3 is 0 Å². The van der Waals surface area contributed by atoms with Crippen LogP contribution in [0.25, 0.3) is 0 Å². The molecule has 0 atom stereocenters. The van der Waals surface area contributed by atoms with Crippen molar-refractivity contribution in [3.05, 3.63) is 71.0 Å². The smallest absolute Gasteiger partial charge is 0.267 e. The van der Waals surface area contributed by atoms with Gasteiger partial charge in [0.1, 0.15) is 5.82 Å². The van der Waals surface area contributed by atoms with E-state index in [-0.39, 0.29) is 11.0 Å². The van der Waals surface area contributed by atoms with Crippen LogP contribution in [0.2, 0.25) is 0 Å². The quantitative estimate of drug-likeness (QED) is 0.678. The molecule has 0 aliphatic carbocycles. The third-order valence-electron chi connectivity index (χ3n) is 3.27. The summed E-state index contributed by atoms with van der Waals surface area (Å²) in [5.74, 6) is -1.13. The zero-order valence-electron chi connectivity index (χ0n) is 12.9. The van der Waals surface area contributed by atoms with Crippen LogP contribution in [0.15, 0.2) is 53.6 Å². The van der Waals surface area contributed by atoms with Crippen molar-refractivity contribution in [2.45, 2.75) is 26.2 Å². The van der Waals surface area contributed by atoms with Crippen molar-refractivity contribution in [3.8, 4) is 0 Å². The summed E-state index contributed by atoms with van der Waals surface area (Å²) in [6, 6.07) is 13.7. The highest BCUT2D eigenvalue weighted by Gasteiger charge is 2.12. The first-order valence-corrected chi connectivity index (χ1v) is 7.06. The van der Waals surface area contributed by atoms with Crippen LogP contribution in [-0.2, 0) is 5.41 Å². The topological polar surface area (TPSA) is 41.5 Å². The second-order valence-electron chi connectivity index (χ2n) is 6.05. The first-order chi connectivity index (χ1) is 10.4. The Balaban J connectivity index is 2.01. The Kier molecular flexibility index (Phi) is 4.71. The summed E-state index contributed by atoms with van der Waals surface area (Å²) in [7, 11) is 0. The van der Waals surface area contributed by atoms with E-state index in [1.165, 1.54) is 30.0 Å². The van der Waals surface area contributed by atoms with Crippen molar-refractivity contribution in [3.63, 3.8) is 0 Å². The van der Waals surface area contributed by atoms with Gasteiger partial charge in [0.15, 0.2) is 0 Å². The van der Waals surface area contributed by atoms with Gasteiger partial charge in [-0.1, -0.05) is 57.2 Å². The third-order valence-corrected chi connectivity index (χ3v) is 3.27. The van der Waals surface area contributed by atoms with Crippen LogP contribution in [0.3, 0.4) is 0 Å². The van der Waals surface area contributed by atoms with E-state index in [1.807, 2.05) is 24.3 Å². The first-order valence-electron chi connectivity index (χ1n) is 7.06. The Labute approximate surface area is 129 Å². The van der Waals surface area contributed by atoms with Crippen LogP contribution < -0.4 is 5.43 Å². The minimum atomic E-state index is -0.569. The number of hydrazone groups is 1. The molecule has 0 aliphatic heterocycles. The predicted molar refractivity (Wildman–Crippen MR) is 86.6 cm³/mol. The number of amides is 1. The van der Waals surface area contributed by atoms with Crippen molar-refractivity contribution >= 4 is 12.1 Å². The van der Waals surface area contributed by atoms with Gasteiger partial charge in [-0.05, 0) is 28.7 Å². The number of nitrogens with zero attached hydrogens (tertiary/aromatic N) is 1. The van der Waals surface area contributed by atoms with Gasteiger partial charge in [-0.15, -0.1) is 0 Å². The second-order valence-corrected chi connectivity index (χ2v) is 6.05. The molecule has 0 unspecified atom stereocenters. The number of carbonyl (C=O) groups excluding carboxylic acids is 1. The lowest BCUT2D eigenvalue weighted by Crippen LogP contribution is -2.18. The van der Waals surface area contributed by atoms with Crippen molar-refractivity contribution in [2.75, 3.05) is 0 Å². The fourth-order valence-corrected chi connectivity index (χ4v) is 1.94. The molecule has 2 rings (SSSR count). The summed E-state index contributed by atoms with van der Waals surface area (Å²) in [6.45, 7) is 6.43. The fraction of sp³-hybridized carbons (Fsp3) is 0.222. The number of hydrogen-bond donors (Lipinski definition) is 1. The highest BCUT2D eigenvalue weighted by Crippen LogP contribution is 2.21. The fourth-order valence-electron chi connectivity index (χ4n) is 1.94. The van der Waals surface area contributed by atoms with Gasteiger partial charge >= 0.3 is 0 Å². The van der Waals surface area contributed by atoms with Crippen LogP contribution in [0.5, 0.6) is 0 Å². The molecule has 0 fully saturated rings.